The Morgan fingerprint density at radius 3 is 2.83 bits per heavy atom. The van der Waals surface area contributed by atoms with Crippen LogP contribution in [-0.2, 0) is 4.79 Å². The van der Waals surface area contributed by atoms with Crippen molar-refractivity contribution in [3.8, 4) is 0 Å². The molecule has 0 bridgehead atoms. The molecule has 0 atom stereocenters. The van der Waals surface area contributed by atoms with Crippen molar-refractivity contribution < 1.29 is 4.79 Å². The number of amides is 1. The maximum atomic E-state index is 12.1. The molecule has 1 heterocycles. The SMILES string of the molecule is Cc1ccc(NC(=O)CCNc2cccc3cccnc23)cc1Cl. The number of carbonyl (C=O) groups excluding carboxylic acids is 1. The summed E-state index contributed by atoms with van der Waals surface area (Å²) in [7, 11) is 0. The van der Waals surface area contributed by atoms with Crippen LogP contribution in [0.15, 0.2) is 54.7 Å². The predicted molar refractivity (Wildman–Crippen MR) is 99.7 cm³/mol. The summed E-state index contributed by atoms with van der Waals surface area (Å²) in [6.45, 7) is 2.46. The summed E-state index contributed by atoms with van der Waals surface area (Å²) in [5.41, 5.74) is 3.53. The number of aryl methyl sites for hydroxylation is 1. The smallest absolute Gasteiger partial charge is 0.226 e. The van der Waals surface area contributed by atoms with Crippen LogP contribution >= 0.6 is 11.6 Å². The number of aromatic nitrogens is 1. The molecule has 2 N–H and O–H groups in total. The highest BCUT2D eigenvalue weighted by Crippen LogP contribution is 2.21. The lowest BCUT2D eigenvalue weighted by Gasteiger charge is -2.10. The summed E-state index contributed by atoms with van der Waals surface area (Å²) >= 11 is 6.07. The molecular weight excluding hydrogens is 322 g/mol. The van der Waals surface area contributed by atoms with Crippen molar-refractivity contribution in [3.05, 3.63) is 65.3 Å². The van der Waals surface area contributed by atoms with Crippen molar-refractivity contribution in [1.82, 2.24) is 4.98 Å². The van der Waals surface area contributed by atoms with E-state index in [1.807, 2.05) is 49.4 Å². The summed E-state index contributed by atoms with van der Waals surface area (Å²) in [5, 5.41) is 7.85. The van der Waals surface area contributed by atoms with Crippen LogP contribution in [0.2, 0.25) is 5.02 Å². The van der Waals surface area contributed by atoms with Gasteiger partial charge in [0.15, 0.2) is 0 Å². The molecule has 3 rings (SSSR count). The molecule has 0 saturated heterocycles. The van der Waals surface area contributed by atoms with Crippen LogP contribution in [0.5, 0.6) is 0 Å². The third-order valence-electron chi connectivity index (χ3n) is 3.76. The fourth-order valence-corrected chi connectivity index (χ4v) is 2.63. The largest absolute Gasteiger partial charge is 0.383 e. The third kappa shape index (κ3) is 3.84. The maximum Gasteiger partial charge on any atom is 0.226 e. The Morgan fingerprint density at radius 2 is 2.00 bits per heavy atom. The molecule has 1 amide bonds. The van der Waals surface area contributed by atoms with E-state index >= 15 is 0 Å². The van der Waals surface area contributed by atoms with Crippen molar-refractivity contribution >= 4 is 39.8 Å². The van der Waals surface area contributed by atoms with Gasteiger partial charge in [-0.25, -0.2) is 0 Å². The normalized spacial score (nSPS) is 10.6. The highest BCUT2D eigenvalue weighted by Gasteiger charge is 2.05. The van der Waals surface area contributed by atoms with Gasteiger partial charge in [0, 0.05) is 35.3 Å². The predicted octanol–water partition coefficient (Wildman–Crippen LogP) is 4.64. The zero-order valence-electron chi connectivity index (χ0n) is 13.3. The van der Waals surface area contributed by atoms with Gasteiger partial charge in [0.2, 0.25) is 5.91 Å². The first-order chi connectivity index (χ1) is 11.6. The van der Waals surface area contributed by atoms with Gasteiger partial charge in [-0.3, -0.25) is 9.78 Å². The Morgan fingerprint density at radius 1 is 1.17 bits per heavy atom. The van der Waals surface area contributed by atoms with Crippen LogP contribution in [0.4, 0.5) is 11.4 Å². The third-order valence-corrected chi connectivity index (χ3v) is 4.16. The van der Waals surface area contributed by atoms with E-state index in [1.165, 1.54) is 0 Å². The van der Waals surface area contributed by atoms with Gasteiger partial charge in [-0.15, -0.1) is 0 Å². The van der Waals surface area contributed by atoms with E-state index in [2.05, 4.69) is 15.6 Å². The van der Waals surface area contributed by atoms with Gasteiger partial charge < -0.3 is 10.6 Å². The molecule has 0 radical (unpaired) electrons. The van der Waals surface area contributed by atoms with E-state index in [-0.39, 0.29) is 5.91 Å². The van der Waals surface area contributed by atoms with E-state index < -0.39 is 0 Å². The quantitative estimate of drug-likeness (QED) is 0.712. The van der Waals surface area contributed by atoms with Crippen molar-refractivity contribution in [2.45, 2.75) is 13.3 Å². The molecule has 0 fully saturated rings. The second-order valence-corrected chi connectivity index (χ2v) is 5.98. The van der Waals surface area contributed by atoms with E-state index in [0.717, 1.165) is 22.2 Å². The van der Waals surface area contributed by atoms with Crippen molar-refractivity contribution in [2.75, 3.05) is 17.2 Å². The Kier molecular flexibility index (Phi) is 4.96. The first kappa shape index (κ1) is 16.3. The topological polar surface area (TPSA) is 54.0 Å². The number of hydrogen-bond acceptors (Lipinski definition) is 3. The fourth-order valence-electron chi connectivity index (χ4n) is 2.45. The number of fused-ring (bicyclic) bond motifs is 1. The summed E-state index contributed by atoms with van der Waals surface area (Å²) in [4.78, 5) is 16.4. The summed E-state index contributed by atoms with van der Waals surface area (Å²) in [5.74, 6) is -0.0596. The first-order valence-electron chi connectivity index (χ1n) is 7.77. The number of carbonyl (C=O) groups is 1. The Balaban J connectivity index is 1.57. The monoisotopic (exact) mass is 339 g/mol. The molecule has 5 heteroatoms. The maximum absolute atomic E-state index is 12.1. The van der Waals surface area contributed by atoms with E-state index in [1.54, 1.807) is 12.3 Å². The number of nitrogens with one attached hydrogen (secondary N) is 2. The number of anilines is 2. The first-order valence-corrected chi connectivity index (χ1v) is 8.15. The van der Waals surface area contributed by atoms with Crippen LogP contribution in [0.3, 0.4) is 0 Å². The standard InChI is InChI=1S/C19H18ClN3O/c1-13-7-8-15(12-16(13)20)23-18(24)9-11-21-17-6-2-4-14-5-3-10-22-19(14)17/h2-8,10,12,21H,9,11H2,1H3,(H,23,24). The van der Waals surface area contributed by atoms with Crippen molar-refractivity contribution in [2.24, 2.45) is 0 Å². The molecule has 122 valence electrons. The Bertz CT molecular complexity index is 874. The molecule has 0 unspecified atom stereocenters. The van der Waals surface area contributed by atoms with Gasteiger partial charge in [-0.1, -0.05) is 35.9 Å². The number of benzene rings is 2. The Labute approximate surface area is 145 Å². The average molecular weight is 340 g/mol. The number of pyridine rings is 1. The molecule has 0 saturated carbocycles. The van der Waals surface area contributed by atoms with Crippen LogP contribution in [0.25, 0.3) is 10.9 Å². The number of para-hydroxylation sites is 1. The molecule has 0 aliphatic carbocycles. The van der Waals surface area contributed by atoms with Gasteiger partial charge >= 0.3 is 0 Å². The summed E-state index contributed by atoms with van der Waals surface area (Å²) in [6, 6.07) is 15.4. The highest BCUT2D eigenvalue weighted by molar-refractivity contribution is 6.31. The number of halogens is 1. The second kappa shape index (κ2) is 7.32. The molecule has 4 nitrogen and oxygen atoms in total. The molecule has 0 aliphatic heterocycles. The summed E-state index contributed by atoms with van der Waals surface area (Å²) in [6.07, 6.45) is 2.12. The van der Waals surface area contributed by atoms with Gasteiger partial charge in [0.25, 0.3) is 0 Å². The minimum atomic E-state index is -0.0596. The van der Waals surface area contributed by atoms with Crippen LogP contribution in [0.1, 0.15) is 12.0 Å². The van der Waals surface area contributed by atoms with Gasteiger partial charge in [0.05, 0.1) is 11.2 Å². The lowest BCUT2D eigenvalue weighted by atomic mass is 10.2. The van der Waals surface area contributed by atoms with Crippen LogP contribution < -0.4 is 10.6 Å². The molecule has 0 aliphatic rings. The number of hydrogen-bond donors (Lipinski definition) is 2. The van der Waals surface area contributed by atoms with E-state index in [9.17, 15) is 4.79 Å². The van der Waals surface area contributed by atoms with Crippen LogP contribution in [0, 0.1) is 6.92 Å². The molecule has 1 aromatic heterocycles. The summed E-state index contributed by atoms with van der Waals surface area (Å²) < 4.78 is 0. The van der Waals surface area contributed by atoms with Gasteiger partial charge in [-0.05, 0) is 36.8 Å². The fraction of sp³-hybridized carbons (Fsp3) is 0.158. The minimum absolute atomic E-state index is 0.0596. The zero-order valence-corrected chi connectivity index (χ0v) is 14.1. The van der Waals surface area contributed by atoms with Crippen molar-refractivity contribution in [3.63, 3.8) is 0 Å². The van der Waals surface area contributed by atoms with Gasteiger partial charge in [0.1, 0.15) is 0 Å². The van der Waals surface area contributed by atoms with Crippen molar-refractivity contribution in [1.29, 1.82) is 0 Å². The molecular formula is C19H18ClN3O. The van der Waals surface area contributed by atoms with Gasteiger partial charge in [-0.2, -0.15) is 0 Å². The zero-order chi connectivity index (χ0) is 16.9. The number of rotatable bonds is 5. The lowest BCUT2D eigenvalue weighted by Crippen LogP contribution is -2.16. The van der Waals surface area contributed by atoms with E-state index in [4.69, 9.17) is 11.6 Å². The van der Waals surface area contributed by atoms with E-state index in [0.29, 0.717) is 23.7 Å². The van der Waals surface area contributed by atoms with Crippen LogP contribution in [-0.4, -0.2) is 17.4 Å². The molecule has 3 aromatic rings. The molecule has 2 aromatic carbocycles. The second-order valence-electron chi connectivity index (χ2n) is 5.57. The molecule has 24 heavy (non-hydrogen) atoms. The average Bonchev–Trinajstić information content (AvgIpc) is 2.58. The number of nitrogens with zero attached hydrogens (tertiary/aromatic N) is 1. The molecule has 0 spiro atoms. The highest BCUT2D eigenvalue weighted by atomic mass is 35.5. The Hall–Kier alpha value is -2.59. The minimum Gasteiger partial charge on any atom is -0.383 e. The lowest BCUT2D eigenvalue weighted by molar-refractivity contribution is -0.115.